The Balaban J connectivity index is 1.95. The Labute approximate surface area is 105 Å². The van der Waals surface area contributed by atoms with Gasteiger partial charge in [-0.15, -0.1) is 0 Å². The normalized spacial score (nSPS) is 12.6. The molecule has 0 amide bonds. The number of rotatable bonds is 4. The fraction of sp³-hybridized carbons (Fsp3) is 0.333. The average Bonchev–Trinajstić information content (AvgIpc) is 2.77. The Morgan fingerprint density at radius 1 is 1.29 bits per heavy atom. The Morgan fingerprint density at radius 3 is 2.59 bits per heavy atom. The molecule has 4 nitrogen and oxygen atoms in total. The molecule has 0 radical (unpaired) electrons. The molecule has 0 aliphatic heterocycles. The highest BCUT2D eigenvalue weighted by atomic mass is 35.5. The van der Waals surface area contributed by atoms with Crippen LogP contribution < -0.4 is 5.73 Å². The first-order chi connectivity index (χ1) is 8.15. The minimum Gasteiger partial charge on any atom is -0.321 e. The van der Waals surface area contributed by atoms with Crippen molar-refractivity contribution in [1.29, 1.82) is 0 Å². The SMILES string of the molecule is CC(N)c1n[nH]c(CCc2ccc(Cl)cc2)n1. The van der Waals surface area contributed by atoms with Gasteiger partial charge in [0.15, 0.2) is 5.82 Å². The third kappa shape index (κ3) is 3.28. The van der Waals surface area contributed by atoms with Gasteiger partial charge in [0, 0.05) is 11.4 Å². The molecule has 0 aliphatic rings. The zero-order chi connectivity index (χ0) is 12.3. The number of H-pyrrole nitrogens is 1. The molecule has 1 aromatic heterocycles. The van der Waals surface area contributed by atoms with Gasteiger partial charge < -0.3 is 5.73 Å². The lowest BCUT2D eigenvalue weighted by atomic mass is 10.1. The van der Waals surface area contributed by atoms with Gasteiger partial charge in [0.25, 0.3) is 0 Å². The molecule has 1 aromatic carbocycles. The van der Waals surface area contributed by atoms with E-state index in [0.717, 1.165) is 23.7 Å². The lowest BCUT2D eigenvalue weighted by Gasteiger charge is -1.99. The number of hydrogen-bond acceptors (Lipinski definition) is 3. The second kappa shape index (κ2) is 5.29. The summed E-state index contributed by atoms with van der Waals surface area (Å²) in [6.07, 6.45) is 1.73. The van der Waals surface area contributed by atoms with Crippen LogP contribution in [0.2, 0.25) is 5.02 Å². The van der Waals surface area contributed by atoms with Crippen molar-refractivity contribution in [3.8, 4) is 0 Å². The van der Waals surface area contributed by atoms with E-state index in [0.29, 0.717) is 5.82 Å². The van der Waals surface area contributed by atoms with Crippen molar-refractivity contribution in [1.82, 2.24) is 15.2 Å². The summed E-state index contributed by atoms with van der Waals surface area (Å²) < 4.78 is 0. The number of halogens is 1. The molecule has 0 spiro atoms. The number of aromatic amines is 1. The van der Waals surface area contributed by atoms with Crippen LogP contribution in [-0.2, 0) is 12.8 Å². The lowest BCUT2D eigenvalue weighted by Crippen LogP contribution is -2.07. The van der Waals surface area contributed by atoms with Crippen LogP contribution in [0.25, 0.3) is 0 Å². The van der Waals surface area contributed by atoms with E-state index in [2.05, 4.69) is 15.2 Å². The predicted octanol–water partition coefficient (Wildman–Crippen LogP) is 2.26. The third-order valence-corrected chi connectivity index (χ3v) is 2.77. The number of nitrogens with one attached hydrogen (secondary N) is 1. The van der Waals surface area contributed by atoms with E-state index < -0.39 is 0 Å². The maximum atomic E-state index is 5.82. The third-order valence-electron chi connectivity index (χ3n) is 2.52. The fourth-order valence-corrected chi connectivity index (χ4v) is 1.67. The average molecular weight is 251 g/mol. The van der Waals surface area contributed by atoms with E-state index in [-0.39, 0.29) is 6.04 Å². The van der Waals surface area contributed by atoms with E-state index in [9.17, 15) is 0 Å². The molecule has 0 saturated carbocycles. The van der Waals surface area contributed by atoms with Gasteiger partial charge in [-0.1, -0.05) is 23.7 Å². The van der Waals surface area contributed by atoms with Gasteiger partial charge in [0.05, 0.1) is 6.04 Å². The Kier molecular flexibility index (Phi) is 3.76. The predicted molar refractivity (Wildman–Crippen MR) is 67.8 cm³/mol. The molecule has 0 bridgehead atoms. The smallest absolute Gasteiger partial charge is 0.167 e. The largest absolute Gasteiger partial charge is 0.321 e. The Hall–Kier alpha value is -1.39. The van der Waals surface area contributed by atoms with Crippen LogP contribution in [0.15, 0.2) is 24.3 Å². The van der Waals surface area contributed by atoms with Gasteiger partial charge in [-0.05, 0) is 31.0 Å². The molecule has 1 unspecified atom stereocenters. The van der Waals surface area contributed by atoms with Crippen LogP contribution in [0.4, 0.5) is 0 Å². The highest BCUT2D eigenvalue weighted by Gasteiger charge is 2.06. The monoisotopic (exact) mass is 250 g/mol. The standard InChI is InChI=1S/C12H15ClN4/c1-8(14)12-15-11(16-17-12)7-4-9-2-5-10(13)6-3-9/h2-3,5-6,8H,4,7,14H2,1H3,(H,15,16,17). The highest BCUT2D eigenvalue weighted by molar-refractivity contribution is 6.30. The summed E-state index contributed by atoms with van der Waals surface area (Å²) in [5, 5.41) is 7.72. The lowest BCUT2D eigenvalue weighted by molar-refractivity contribution is 0.744. The van der Waals surface area contributed by atoms with Crippen LogP contribution in [-0.4, -0.2) is 15.2 Å². The summed E-state index contributed by atoms with van der Waals surface area (Å²) in [5.41, 5.74) is 6.92. The van der Waals surface area contributed by atoms with Gasteiger partial charge >= 0.3 is 0 Å². The van der Waals surface area contributed by atoms with E-state index in [1.165, 1.54) is 5.56 Å². The van der Waals surface area contributed by atoms with Crippen molar-refractivity contribution in [3.05, 3.63) is 46.5 Å². The van der Waals surface area contributed by atoms with E-state index >= 15 is 0 Å². The van der Waals surface area contributed by atoms with Gasteiger partial charge in [0.2, 0.25) is 0 Å². The molecule has 0 aliphatic carbocycles. The molecule has 5 heteroatoms. The summed E-state index contributed by atoms with van der Waals surface area (Å²) in [4.78, 5) is 4.32. The number of aryl methyl sites for hydroxylation is 2. The first-order valence-electron chi connectivity index (χ1n) is 5.56. The van der Waals surface area contributed by atoms with Crippen molar-refractivity contribution < 1.29 is 0 Å². The van der Waals surface area contributed by atoms with Crippen LogP contribution in [0.5, 0.6) is 0 Å². The van der Waals surface area contributed by atoms with Gasteiger partial charge in [-0.25, -0.2) is 4.98 Å². The van der Waals surface area contributed by atoms with Gasteiger partial charge in [-0.3, -0.25) is 5.10 Å². The van der Waals surface area contributed by atoms with Crippen molar-refractivity contribution in [3.63, 3.8) is 0 Å². The van der Waals surface area contributed by atoms with Crippen molar-refractivity contribution >= 4 is 11.6 Å². The highest BCUT2D eigenvalue weighted by Crippen LogP contribution is 2.11. The molecule has 17 heavy (non-hydrogen) atoms. The molecule has 2 aromatic rings. The first-order valence-corrected chi connectivity index (χ1v) is 5.94. The Morgan fingerprint density at radius 2 is 2.00 bits per heavy atom. The fourth-order valence-electron chi connectivity index (χ4n) is 1.54. The quantitative estimate of drug-likeness (QED) is 0.875. The topological polar surface area (TPSA) is 67.6 Å². The number of benzene rings is 1. The number of aromatic nitrogens is 3. The van der Waals surface area contributed by atoms with Crippen LogP contribution >= 0.6 is 11.6 Å². The summed E-state index contributed by atoms with van der Waals surface area (Å²) in [6, 6.07) is 7.70. The summed E-state index contributed by atoms with van der Waals surface area (Å²) in [7, 11) is 0. The molecule has 0 saturated heterocycles. The zero-order valence-corrected chi connectivity index (χ0v) is 10.4. The van der Waals surface area contributed by atoms with Crippen molar-refractivity contribution in [2.75, 3.05) is 0 Å². The zero-order valence-electron chi connectivity index (χ0n) is 9.65. The Bertz CT molecular complexity index is 476. The number of nitrogens with zero attached hydrogens (tertiary/aromatic N) is 2. The second-order valence-corrected chi connectivity index (χ2v) is 4.49. The maximum Gasteiger partial charge on any atom is 0.167 e. The minimum atomic E-state index is -0.129. The summed E-state index contributed by atoms with van der Waals surface area (Å²) in [6.45, 7) is 1.87. The molecule has 2 rings (SSSR count). The molecular formula is C12H15ClN4. The van der Waals surface area contributed by atoms with E-state index in [1.807, 2.05) is 31.2 Å². The van der Waals surface area contributed by atoms with Crippen molar-refractivity contribution in [2.24, 2.45) is 5.73 Å². The first kappa shape index (κ1) is 12.1. The molecule has 1 heterocycles. The summed E-state index contributed by atoms with van der Waals surface area (Å²) >= 11 is 5.82. The molecule has 0 fully saturated rings. The van der Waals surface area contributed by atoms with Crippen LogP contribution in [0.3, 0.4) is 0 Å². The van der Waals surface area contributed by atoms with E-state index in [4.69, 9.17) is 17.3 Å². The number of nitrogens with two attached hydrogens (primary N) is 1. The molecule has 90 valence electrons. The van der Waals surface area contributed by atoms with Crippen LogP contribution in [0.1, 0.15) is 30.2 Å². The molecule has 1 atom stereocenters. The van der Waals surface area contributed by atoms with Crippen molar-refractivity contribution in [2.45, 2.75) is 25.8 Å². The minimum absolute atomic E-state index is 0.129. The molecule has 3 N–H and O–H groups in total. The van der Waals surface area contributed by atoms with Gasteiger partial charge in [0.1, 0.15) is 5.82 Å². The summed E-state index contributed by atoms with van der Waals surface area (Å²) in [5.74, 6) is 1.53. The number of hydrogen-bond donors (Lipinski definition) is 2. The molecular weight excluding hydrogens is 236 g/mol. The second-order valence-electron chi connectivity index (χ2n) is 4.06. The van der Waals surface area contributed by atoms with Crippen LogP contribution in [0, 0.1) is 0 Å². The maximum absolute atomic E-state index is 5.82. The van der Waals surface area contributed by atoms with E-state index in [1.54, 1.807) is 0 Å². The van der Waals surface area contributed by atoms with Gasteiger partial charge in [-0.2, -0.15) is 5.10 Å².